The van der Waals surface area contributed by atoms with Gasteiger partial charge >= 0.3 is 0 Å². The minimum atomic E-state index is -0.798. The fourth-order valence-electron chi connectivity index (χ4n) is 3.41. The summed E-state index contributed by atoms with van der Waals surface area (Å²) in [4.78, 5) is 26.8. The van der Waals surface area contributed by atoms with Crippen LogP contribution < -0.4 is 10.6 Å². The number of nitrogens with one attached hydrogen (secondary N) is 2. The van der Waals surface area contributed by atoms with Gasteiger partial charge in [-0.25, -0.2) is 4.39 Å². The third-order valence-electron chi connectivity index (χ3n) is 5.39. The van der Waals surface area contributed by atoms with Crippen LogP contribution in [-0.2, 0) is 4.79 Å². The molecule has 2 aliphatic carbocycles. The molecule has 2 aliphatic rings. The molecule has 0 aliphatic heterocycles. The number of hydrogen-bond donors (Lipinski definition) is 3. The van der Waals surface area contributed by atoms with E-state index in [0.29, 0.717) is 23.4 Å². The van der Waals surface area contributed by atoms with Gasteiger partial charge in [-0.2, -0.15) is 0 Å². The summed E-state index contributed by atoms with van der Waals surface area (Å²) in [5.41, 5.74) is 1.71. The van der Waals surface area contributed by atoms with Crippen LogP contribution in [0.25, 0.3) is 0 Å². The molecule has 158 valence electrons. The van der Waals surface area contributed by atoms with Gasteiger partial charge in [0.2, 0.25) is 5.91 Å². The molecule has 2 aromatic carbocycles. The van der Waals surface area contributed by atoms with Crippen molar-refractivity contribution in [3.8, 4) is 0 Å². The molecule has 0 heterocycles. The lowest BCUT2D eigenvalue weighted by Crippen LogP contribution is -2.37. The summed E-state index contributed by atoms with van der Waals surface area (Å²) < 4.78 is 13.1. The lowest BCUT2D eigenvalue weighted by molar-refractivity contribution is -0.117. The van der Waals surface area contributed by atoms with E-state index in [1.165, 1.54) is 12.1 Å². The van der Waals surface area contributed by atoms with Crippen LogP contribution in [0.5, 0.6) is 0 Å². The first kappa shape index (κ1) is 20.5. The molecule has 30 heavy (non-hydrogen) atoms. The van der Waals surface area contributed by atoms with Crippen molar-refractivity contribution in [3.63, 3.8) is 0 Å². The Hall–Kier alpha value is -2.77. The maximum Gasteiger partial charge on any atom is 0.251 e. The Morgan fingerprint density at radius 3 is 2.50 bits per heavy atom. The second-order valence-corrected chi connectivity index (χ2v) is 8.10. The maximum atomic E-state index is 13.1. The number of anilines is 1. The van der Waals surface area contributed by atoms with Gasteiger partial charge in [-0.05, 0) is 61.6 Å². The molecule has 0 spiro atoms. The number of halogens is 1. The van der Waals surface area contributed by atoms with Crippen LogP contribution in [0.2, 0.25) is 0 Å². The van der Waals surface area contributed by atoms with E-state index in [0.717, 1.165) is 25.7 Å². The van der Waals surface area contributed by atoms with Gasteiger partial charge in [-0.15, -0.1) is 0 Å². The van der Waals surface area contributed by atoms with Crippen molar-refractivity contribution in [3.05, 3.63) is 65.5 Å². The Kier molecular flexibility index (Phi) is 6.11. The van der Waals surface area contributed by atoms with E-state index in [4.69, 9.17) is 0 Å². The molecule has 2 amide bonds. The number of nitrogens with zero attached hydrogens (tertiary/aromatic N) is 1. The van der Waals surface area contributed by atoms with E-state index < -0.39 is 6.10 Å². The molecule has 0 radical (unpaired) electrons. The summed E-state index contributed by atoms with van der Waals surface area (Å²) in [7, 11) is 0. The molecule has 1 unspecified atom stereocenters. The summed E-state index contributed by atoms with van der Waals surface area (Å²) in [5, 5.41) is 16.3. The van der Waals surface area contributed by atoms with E-state index in [1.54, 1.807) is 36.4 Å². The fraction of sp³-hybridized carbons (Fsp3) is 0.391. The molecule has 4 rings (SSSR count). The first-order chi connectivity index (χ1) is 14.5. The zero-order valence-corrected chi connectivity index (χ0v) is 16.7. The van der Waals surface area contributed by atoms with Crippen molar-refractivity contribution in [1.82, 2.24) is 10.2 Å². The largest absolute Gasteiger partial charge is 0.387 e. The third-order valence-corrected chi connectivity index (χ3v) is 5.39. The second-order valence-electron chi connectivity index (χ2n) is 8.10. The van der Waals surface area contributed by atoms with Crippen LogP contribution in [-0.4, -0.2) is 47.0 Å². The molecule has 7 heteroatoms. The normalized spacial score (nSPS) is 16.9. The maximum absolute atomic E-state index is 13.1. The summed E-state index contributed by atoms with van der Waals surface area (Å²) >= 11 is 0. The minimum Gasteiger partial charge on any atom is -0.387 e. The first-order valence-corrected chi connectivity index (χ1v) is 10.4. The van der Waals surface area contributed by atoms with Crippen molar-refractivity contribution >= 4 is 17.5 Å². The quantitative estimate of drug-likeness (QED) is 0.593. The van der Waals surface area contributed by atoms with Crippen molar-refractivity contribution in [2.24, 2.45) is 0 Å². The third kappa shape index (κ3) is 5.64. The Bertz CT molecular complexity index is 910. The second kappa shape index (κ2) is 8.93. The van der Waals surface area contributed by atoms with E-state index >= 15 is 0 Å². The van der Waals surface area contributed by atoms with Gasteiger partial charge in [-0.1, -0.05) is 18.2 Å². The molecule has 2 saturated carbocycles. The van der Waals surface area contributed by atoms with Crippen molar-refractivity contribution in [1.29, 1.82) is 0 Å². The summed E-state index contributed by atoms with van der Waals surface area (Å²) in [6.45, 7) is 0.439. The van der Waals surface area contributed by atoms with Gasteiger partial charge in [0.05, 0.1) is 12.6 Å². The molecule has 0 bridgehead atoms. The van der Waals surface area contributed by atoms with Crippen molar-refractivity contribution in [2.45, 2.75) is 43.9 Å². The molecule has 1 atom stereocenters. The molecule has 0 aromatic heterocycles. The monoisotopic (exact) mass is 411 g/mol. The zero-order chi connectivity index (χ0) is 21.1. The number of aliphatic hydroxyl groups is 1. The SMILES string of the molecule is O=C(CN(CC(O)c1ccc(F)cc1)C1CC1)Nc1cccc(C(=O)NC2CC2)c1. The number of benzene rings is 2. The van der Waals surface area contributed by atoms with E-state index in [9.17, 15) is 19.1 Å². The zero-order valence-electron chi connectivity index (χ0n) is 16.7. The van der Waals surface area contributed by atoms with Gasteiger partial charge in [-0.3, -0.25) is 14.5 Å². The molecule has 6 nitrogen and oxygen atoms in total. The Labute approximate surface area is 175 Å². The number of rotatable bonds is 9. The van der Waals surface area contributed by atoms with Gasteiger partial charge in [0.1, 0.15) is 5.82 Å². The summed E-state index contributed by atoms with van der Waals surface area (Å²) in [6.07, 6.45) is 3.21. The number of aliphatic hydroxyl groups excluding tert-OH is 1. The van der Waals surface area contributed by atoms with Gasteiger partial charge in [0, 0.05) is 29.9 Å². The highest BCUT2D eigenvalue weighted by atomic mass is 19.1. The average molecular weight is 411 g/mol. The first-order valence-electron chi connectivity index (χ1n) is 10.4. The number of carbonyl (C=O) groups excluding carboxylic acids is 2. The van der Waals surface area contributed by atoms with E-state index in [1.807, 2.05) is 4.90 Å². The summed E-state index contributed by atoms with van der Waals surface area (Å²) in [5.74, 6) is -0.680. The topological polar surface area (TPSA) is 81.7 Å². The van der Waals surface area contributed by atoms with Crippen LogP contribution in [0.4, 0.5) is 10.1 Å². The van der Waals surface area contributed by atoms with Gasteiger partial charge < -0.3 is 15.7 Å². The highest BCUT2D eigenvalue weighted by molar-refractivity contribution is 5.97. The standard InChI is InChI=1S/C23H26FN3O3/c24-17-6-4-15(5-7-17)21(28)13-27(20-10-11-20)14-22(29)25-19-3-1-2-16(12-19)23(30)26-18-8-9-18/h1-7,12,18,20-21,28H,8-11,13-14H2,(H,25,29)(H,26,30). The lowest BCUT2D eigenvalue weighted by Gasteiger charge is -2.24. The number of hydrogen-bond acceptors (Lipinski definition) is 4. The molecule has 0 saturated heterocycles. The number of amides is 2. The van der Waals surface area contributed by atoms with Crippen LogP contribution in [0.3, 0.4) is 0 Å². The predicted molar refractivity (Wildman–Crippen MR) is 112 cm³/mol. The lowest BCUT2D eigenvalue weighted by atomic mass is 10.1. The van der Waals surface area contributed by atoms with E-state index in [-0.39, 0.29) is 36.3 Å². The number of carbonyl (C=O) groups is 2. The van der Waals surface area contributed by atoms with Crippen LogP contribution in [0, 0.1) is 5.82 Å². The van der Waals surface area contributed by atoms with Crippen LogP contribution in [0.15, 0.2) is 48.5 Å². The highest BCUT2D eigenvalue weighted by Gasteiger charge is 2.32. The van der Waals surface area contributed by atoms with Gasteiger partial charge in [0.25, 0.3) is 5.91 Å². The molecular formula is C23H26FN3O3. The van der Waals surface area contributed by atoms with E-state index in [2.05, 4.69) is 10.6 Å². The highest BCUT2D eigenvalue weighted by Crippen LogP contribution is 2.29. The fourth-order valence-corrected chi connectivity index (χ4v) is 3.41. The molecule has 2 fully saturated rings. The summed E-state index contributed by atoms with van der Waals surface area (Å²) in [6, 6.07) is 13.2. The van der Waals surface area contributed by atoms with Crippen LogP contribution >= 0.6 is 0 Å². The molecular weight excluding hydrogens is 385 g/mol. The van der Waals surface area contributed by atoms with Crippen molar-refractivity contribution in [2.75, 3.05) is 18.4 Å². The van der Waals surface area contributed by atoms with Crippen molar-refractivity contribution < 1.29 is 19.1 Å². The molecule has 3 N–H and O–H groups in total. The predicted octanol–water partition coefficient (Wildman–Crippen LogP) is 2.85. The van der Waals surface area contributed by atoms with Crippen LogP contribution in [0.1, 0.15) is 47.7 Å². The average Bonchev–Trinajstić information content (AvgIpc) is 3.62. The Morgan fingerprint density at radius 1 is 1.10 bits per heavy atom. The molecule has 2 aromatic rings. The van der Waals surface area contributed by atoms with Gasteiger partial charge in [0.15, 0.2) is 0 Å². The smallest absolute Gasteiger partial charge is 0.251 e. The Morgan fingerprint density at radius 2 is 1.83 bits per heavy atom. The minimum absolute atomic E-state index is 0.129. The Balaban J connectivity index is 1.34.